The van der Waals surface area contributed by atoms with Crippen LogP contribution >= 0.6 is 11.6 Å². The molecule has 3 aromatic carbocycles. The SMILES string of the molecule is N=C(c1ccc(NS(=O)(=O)c2ccc(F)c(N)c2N)cc1)N1CCC(O)(c2ccccc2Cl)CC1. The lowest BCUT2D eigenvalue weighted by Gasteiger charge is -2.40. The molecule has 1 aliphatic heterocycles. The van der Waals surface area contributed by atoms with Gasteiger partial charge in [0, 0.05) is 34.9 Å². The van der Waals surface area contributed by atoms with Crippen LogP contribution in [0, 0.1) is 11.2 Å². The van der Waals surface area contributed by atoms with Crippen molar-refractivity contribution in [2.45, 2.75) is 23.3 Å². The molecule has 11 heteroatoms. The van der Waals surface area contributed by atoms with E-state index >= 15 is 0 Å². The number of nitrogens with two attached hydrogens (primary N) is 2. The van der Waals surface area contributed by atoms with Crippen molar-refractivity contribution >= 4 is 44.5 Å². The molecule has 0 aromatic heterocycles. The summed E-state index contributed by atoms with van der Waals surface area (Å²) in [7, 11) is -4.10. The summed E-state index contributed by atoms with van der Waals surface area (Å²) in [5, 5.41) is 20.2. The quantitative estimate of drug-likeness (QED) is 0.198. The Morgan fingerprint density at radius 2 is 1.66 bits per heavy atom. The van der Waals surface area contributed by atoms with Crippen LogP contribution in [0.5, 0.6) is 0 Å². The summed E-state index contributed by atoms with van der Waals surface area (Å²) >= 11 is 6.27. The fraction of sp³-hybridized carbons (Fsp3) is 0.208. The van der Waals surface area contributed by atoms with Gasteiger partial charge in [-0.1, -0.05) is 29.8 Å². The standard InChI is InChI=1S/C24H25ClFN5O3S/c25-18-4-2-1-3-17(18)24(32)11-13-31(14-12-24)23(29)15-5-7-16(8-6-15)30-35(33,34)20-10-9-19(26)21(27)22(20)28/h1-10,29-30,32H,11-14,27-28H2. The minimum atomic E-state index is -4.10. The molecule has 0 bridgehead atoms. The fourth-order valence-electron chi connectivity index (χ4n) is 4.12. The molecular weight excluding hydrogens is 493 g/mol. The number of aliphatic hydroxyl groups is 1. The van der Waals surface area contributed by atoms with Gasteiger partial charge < -0.3 is 21.5 Å². The molecule has 1 saturated heterocycles. The molecule has 0 aliphatic carbocycles. The highest BCUT2D eigenvalue weighted by atomic mass is 35.5. The van der Waals surface area contributed by atoms with Crippen molar-refractivity contribution in [1.29, 1.82) is 5.41 Å². The zero-order chi connectivity index (χ0) is 25.4. The highest BCUT2D eigenvalue weighted by molar-refractivity contribution is 7.92. The zero-order valence-corrected chi connectivity index (χ0v) is 20.2. The summed E-state index contributed by atoms with van der Waals surface area (Å²) in [4.78, 5) is 1.53. The van der Waals surface area contributed by atoms with Gasteiger partial charge in [0.1, 0.15) is 16.5 Å². The van der Waals surface area contributed by atoms with Gasteiger partial charge in [0.2, 0.25) is 0 Å². The minimum absolute atomic E-state index is 0.246. The maximum Gasteiger partial charge on any atom is 0.264 e. The third-order valence-electron chi connectivity index (χ3n) is 6.18. The van der Waals surface area contributed by atoms with Crippen molar-refractivity contribution in [2.24, 2.45) is 0 Å². The van der Waals surface area contributed by atoms with E-state index in [-0.39, 0.29) is 22.1 Å². The topological polar surface area (TPSA) is 146 Å². The largest absolute Gasteiger partial charge is 0.396 e. The number of nitrogen functional groups attached to an aromatic ring is 2. The zero-order valence-electron chi connectivity index (χ0n) is 18.6. The van der Waals surface area contributed by atoms with Gasteiger partial charge in [0.05, 0.1) is 17.0 Å². The van der Waals surface area contributed by atoms with Gasteiger partial charge in [0.15, 0.2) is 0 Å². The summed E-state index contributed by atoms with van der Waals surface area (Å²) < 4.78 is 41.3. The number of sulfonamides is 1. The van der Waals surface area contributed by atoms with Crippen molar-refractivity contribution in [3.05, 3.63) is 82.6 Å². The van der Waals surface area contributed by atoms with E-state index in [2.05, 4.69) is 4.72 Å². The molecule has 0 spiro atoms. The first-order chi connectivity index (χ1) is 16.5. The Labute approximate surface area is 207 Å². The predicted molar refractivity (Wildman–Crippen MR) is 135 cm³/mol. The fourth-order valence-corrected chi connectivity index (χ4v) is 5.64. The van der Waals surface area contributed by atoms with Gasteiger partial charge in [-0.05, 0) is 55.3 Å². The van der Waals surface area contributed by atoms with Crippen molar-refractivity contribution < 1.29 is 17.9 Å². The molecule has 7 N–H and O–H groups in total. The lowest BCUT2D eigenvalue weighted by Crippen LogP contribution is -2.45. The number of amidine groups is 1. The van der Waals surface area contributed by atoms with E-state index in [4.69, 9.17) is 28.5 Å². The molecule has 0 atom stereocenters. The van der Waals surface area contributed by atoms with Crippen LogP contribution in [0.3, 0.4) is 0 Å². The van der Waals surface area contributed by atoms with Gasteiger partial charge in [-0.15, -0.1) is 0 Å². The van der Waals surface area contributed by atoms with Gasteiger partial charge in [-0.25, -0.2) is 12.8 Å². The van der Waals surface area contributed by atoms with Crippen LogP contribution in [0.1, 0.15) is 24.0 Å². The van der Waals surface area contributed by atoms with Crippen LogP contribution in [-0.4, -0.2) is 37.3 Å². The first kappa shape index (κ1) is 24.8. The smallest absolute Gasteiger partial charge is 0.264 e. The first-order valence-corrected chi connectivity index (χ1v) is 12.7. The van der Waals surface area contributed by atoms with E-state index in [1.54, 1.807) is 18.2 Å². The lowest BCUT2D eigenvalue weighted by molar-refractivity contribution is -0.0120. The number of piperidine rings is 1. The molecule has 1 aliphatic rings. The second-order valence-electron chi connectivity index (χ2n) is 8.40. The summed E-state index contributed by atoms with van der Waals surface area (Å²) in [5.74, 6) is -0.538. The number of nitrogens with one attached hydrogen (secondary N) is 2. The van der Waals surface area contributed by atoms with E-state index in [1.165, 1.54) is 12.1 Å². The van der Waals surface area contributed by atoms with Crippen LogP contribution < -0.4 is 16.2 Å². The normalized spacial score (nSPS) is 15.6. The van der Waals surface area contributed by atoms with Crippen LogP contribution in [0.2, 0.25) is 5.02 Å². The predicted octanol–water partition coefficient (Wildman–Crippen LogP) is 3.75. The number of nitrogens with zero attached hydrogens (tertiary/aromatic N) is 1. The molecule has 0 amide bonds. The maximum absolute atomic E-state index is 13.5. The molecule has 8 nitrogen and oxygen atoms in total. The molecule has 4 rings (SSSR count). The minimum Gasteiger partial charge on any atom is -0.396 e. The van der Waals surface area contributed by atoms with Crippen LogP contribution in [0.15, 0.2) is 65.6 Å². The molecule has 1 fully saturated rings. The number of anilines is 3. The number of rotatable bonds is 5. The van der Waals surface area contributed by atoms with Crippen molar-refractivity contribution in [1.82, 2.24) is 4.90 Å². The number of likely N-dealkylation sites (tertiary alicyclic amines) is 1. The number of benzene rings is 3. The molecule has 3 aromatic rings. The van der Waals surface area contributed by atoms with Crippen molar-refractivity contribution in [2.75, 3.05) is 29.3 Å². The Balaban J connectivity index is 1.44. The van der Waals surface area contributed by atoms with Crippen LogP contribution in [0.4, 0.5) is 21.5 Å². The Morgan fingerprint density at radius 3 is 2.29 bits per heavy atom. The molecule has 35 heavy (non-hydrogen) atoms. The molecule has 184 valence electrons. The van der Waals surface area contributed by atoms with Gasteiger partial charge >= 0.3 is 0 Å². The third kappa shape index (κ3) is 4.90. The van der Waals surface area contributed by atoms with Crippen LogP contribution in [0.25, 0.3) is 0 Å². The van der Waals surface area contributed by atoms with Crippen LogP contribution in [-0.2, 0) is 15.6 Å². The Kier molecular flexibility index (Phi) is 6.63. The summed E-state index contributed by atoms with van der Waals surface area (Å²) in [6.07, 6.45) is 0.832. The number of hydrogen-bond acceptors (Lipinski definition) is 6. The van der Waals surface area contributed by atoms with Gasteiger partial charge in [-0.2, -0.15) is 0 Å². The second-order valence-corrected chi connectivity index (χ2v) is 10.5. The lowest BCUT2D eigenvalue weighted by atomic mass is 9.84. The van der Waals surface area contributed by atoms with E-state index in [9.17, 15) is 17.9 Å². The average Bonchev–Trinajstić information content (AvgIpc) is 2.83. The Morgan fingerprint density at radius 1 is 1.03 bits per heavy atom. The summed E-state index contributed by atoms with van der Waals surface area (Å²) in [6.45, 7) is 0.917. The molecule has 0 radical (unpaired) electrons. The summed E-state index contributed by atoms with van der Waals surface area (Å²) in [6, 6.07) is 15.5. The molecular formula is C24H25ClFN5O3S. The first-order valence-electron chi connectivity index (χ1n) is 10.8. The number of hydrogen-bond donors (Lipinski definition) is 5. The van der Waals surface area contributed by atoms with E-state index < -0.39 is 27.1 Å². The van der Waals surface area contributed by atoms with Gasteiger partial charge in [0.25, 0.3) is 10.0 Å². The highest BCUT2D eigenvalue weighted by Gasteiger charge is 2.36. The van der Waals surface area contributed by atoms with E-state index in [1.807, 2.05) is 23.1 Å². The van der Waals surface area contributed by atoms with E-state index in [0.29, 0.717) is 42.1 Å². The highest BCUT2D eigenvalue weighted by Crippen LogP contribution is 2.37. The molecule has 1 heterocycles. The summed E-state index contributed by atoms with van der Waals surface area (Å²) in [5.41, 5.74) is 10.9. The monoisotopic (exact) mass is 517 g/mol. The third-order valence-corrected chi connectivity index (χ3v) is 7.95. The Hall–Kier alpha value is -3.34. The van der Waals surface area contributed by atoms with Crippen molar-refractivity contribution in [3.63, 3.8) is 0 Å². The average molecular weight is 518 g/mol. The van der Waals surface area contributed by atoms with E-state index in [0.717, 1.165) is 12.1 Å². The Bertz CT molecular complexity index is 1370. The maximum atomic E-state index is 13.5. The molecule has 0 saturated carbocycles. The van der Waals surface area contributed by atoms with Crippen molar-refractivity contribution in [3.8, 4) is 0 Å². The number of halogens is 2. The molecule has 0 unspecified atom stereocenters. The second kappa shape index (κ2) is 9.37. The van der Waals surface area contributed by atoms with Gasteiger partial charge in [-0.3, -0.25) is 10.1 Å².